The van der Waals surface area contributed by atoms with E-state index in [-0.39, 0.29) is 6.04 Å². The summed E-state index contributed by atoms with van der Waals surface area (Å²) in [7, 11) is 0. The molecule has 1 atom stereocenters. The number of furan rings is 1. The van der Waals surface area contributed by atoms with Gasteiger partial charge in [-0.05, 0) is 52.5 Å². The van der Waals surface area contributed by atoms with Crippen LogP contribution in [0.25, 0.3) is 0 Å². The Morgan fingerprint density at radius 2 is 1.94 bits per heavy atom. The number of hydrogen-bond acceptors (Lipinski definition) is 3. The summed E-state index contributed by atoms with van der Waals surface area (Å²) in [5, 5.41) is 0. The molecule has 1 fully saturated rings. The fourth-order valence-electron chi connectivity index (χ4n) is 1.84. The summed E-state index contributed by atoms with van der Waals surface area (Å²) < 4.78 is 11.6. The van der Waals surface area contributed by atoms with Gasteiger partial charge in [-0.3, -0.25) is 0 Å². The summed E-state index contributed by atoms with van der Waals surface area (Å²) in [5.74, 6) is 0.916. The van der Waals surface area contributed by atoms with E-state index in [1.165, 1.54) is 12.8 Å². The van der Waals surface area contributed by atoms with Crippen LogP contribution in [0.15, 0.2) is 45.7 Å². The summed E-state index contributed by atoms with van der Waals surface area (Å²) in [5.41, 5.74) is 8.19. The van der Waals surface area contributed by atoms with Crippen molar-refractivity contribution in [3.63, 3.8) is 0 Å². The maximum absolute atomic E-state index is 6.19. The minimum atomic E-state index is -0.187. The van der Waals surface area contributed by atoms with E-state index < -0.39 is 0 Å². The van der Waals surface area contributed by atoms with Crippen molar-refractivity contribution in [2.24, 2.45) is 5.73 Å². The van der Waals surface area contributed by atoms with Crippen LogP contribution in [-0.4, -0.2) is 6.10 Å². The topological polar surface area (TPSA) is 48.4 Å². The van der Waals surface area contributed by atoms with Gasteiger partial charge in [0.05, 0.1) is 18.4 Å². The molecule has 2 N–H and O–H groups in total. The lowest BCUT2D eigenvalue weighted by atomic mass is 10.0. The first-order valence-corrected chi connectivity index (χ1v) is 6.78. The molecule has 94 valence electrons. The highest BCUT2D eigenvalue weighted by Crippen LogP contribution is 2.30. The van der Waals surface area contributed by atoms with Crippen molar-refractivity contribution in [2.45, 2.75) is 25.0 Å². The molecule has 0 amide bonds. The lowest BCUT2D eigenvalue weighted by Gasteiger charge is -2.12. The molecule has 0 aliphatic heterocycles. The zero-order valence-corrected chi connectivity index (χ0v) is 11.4. The van der Waals surface area contributed by atoms with Gasteiger partial charge in [0.15, 0.2) is 4.67 Å². The standard InChI is InChI=1S/C14H14BrNO2/c15-14-12(7-8-17-14)13(16)9-1-3-10(4-2-9)18-11-5-6-11/h1-4,7-8,11,13H,5-6,16H2. The molecule has 18 heavy (non-hydrogen) atoms. The van der Waals surface area contributed by atoms with E-state index in [1.54, 1.807) is 6.26 Å². The molecule has 0 spiro atoms. The predicted octanol–water partition coefficient (Wildman–Crippen LogP) is 3.63. The minimum Gasteiger partial charge on any atom is -0.490 e. The predicted molar refractivity (Wildman–Crippen MR) is 72.5 cm³/mol. The van der Waals surface area contributed by atoms with Gasteiger partial charge in [0, 0.05) is 5.56 Å². The Hall–Kier alpha value is -1.26. The Morgan fingerprint density at radius 1 is 1.22 bits per heavy atom. The molecule has 0 saturated heterocycles. The molecular weight excluding hydrogens is 294 g/mol. The van der Waals surface area contributed by atoms with E-state index in [0.717, 1.165) is 16.9 Å². The first-order chi connectivity index (χ1) is 8.74. The average molecular weight is 308 g/mol. The molecule has 1 heterocycles. The van der Waals surface area contributed by atoms with Crippen LogP contribution in [0, 0.1) is 0 Å². The Labute approximate surface area is 114 Å². The highest BCUT2D eigenvalue weighted by molar-refractivity contribution is 9.10. The van der Waals surface area contributed by atoms with Gasteiger partial charge in [0.25, 0.3) is 0 Å². The van der Waals surface area contributed by atoms with Crippen molar-refractivity contribution in [1.82, 2.24) is 0 Å². The van der Waals surface area contributed by atoms with Gasteiger partial charge < -0.3 is 14.9 Å². The van der Waals surface area contributed by atoms with Crippen LogP contribution in [0.2, 0.25) is 0 Å². The molecule has 1 aromatic carbocycles. The summed E-state index contributed by atoms with van der Waals surface area (Å²) in [6, 6.07) is 9.64. The highest BCUT2D eigenvalue weighted by atomic mass is 79.9. The third kappa shape index (κ3) is 2.44. The molecule has 1 aliphatic rings. The van der Waals surface area contributed by atoms with E-state index in [4.69, 9.17) is 14.9 Å². The Kier molecular flexibility index (Phi) is 3.14. The maximum Gasteiger partial charge on any atom is 0.174 e. The fourth-order valence-corrected chi connectivity index (χ4v) is 2.32. The Balaban J connectivity index is 1.77. The van der Waals surface area contributed by atoms with Crippen molar-refractivity contribution in [2.75, 3.05) is 0 Å². The first-order valence-electron chi connectivity index (χ1n) is 5.99. The second-order valence-electron chi connectivity index (χ2n) is 4.51. The highest BCUT2D eigenvalue weighted by Gasteiger charge is 2.23. The third-order valence-corrected chi connectivity index (χ3v) is 3.69. The average Bonchev–Trinajstić information content (AvgIpc) is 3.09. The van der Waals surface area contributed by atoms with E-state index in [2.05, 4.69) is 15.9 Å². The normalized spacial score (nSPS) is 16.6. The van der Waals surface area contributed by atoms with Crippen molar-refractivity contribution in [3.8, 4) is 5.75 Å². The molecule has 1 saturated carbocycles. The number of benzene rings is 1. The molecule has 2 aromatic rings. The second-order valence-corrected chi connectivity index (χ2v) is 5.23. The Morgan fingerprint density at radius 3 is 2.50 bits per heavy atom. The monoisotopic (exact) mass is 307 g/mol. The molecule has 1 aromatic heterocycles. The van der Waals surface area contributed by atoms with Crippen molar-refractivity contribution in [1.29, 1.82) is 0 Å². The van der Waals surface area contributed by atoms with Crippen molar-refractivity contribution in [3.05, 3.63) is 52.4 Å². The number of ether oxygens (including phenoxy) is 1. The van der Waals surface area contributed by atoms with E-state index in [1.807, 2.05) is 30.3 Å². The molecule has 0 radical (unpaired) electrons. The van der Waals surface area contributed by atoms with Gasteiger partial charge in [-0.2, -0.15) is 0 Å². The van der Waals surface area contributed by atoms with Gasteiger partial charge in [0.1, 0.15) is 5.75 Å². The second kappa shape index (κ2) is 4.78. The number of nitrogens with two attached hydrogens (primary N) is 1. The summed E-state index contributed by atoms with van der Waals surface area (Å²) in [4.78, 5) is 0. The number of hydrogen-bond donors (Lipinski definition) is 1. The molecule has 1 aliphatic carbocycles. The smallest absolute Gasteiger partial charge is 0.174 e. The molecule has 3 rings (SSSR count). The largest absolute Gasteiger partial charge is 0.490 e. The van der Waals surface area contributed by atoms with Gasteiger partial charge >= 0.3 is 0 Å². The van der Waals surface area contributed by atoms with Crippen LogP contribution in [0.3, 0.4) is 0 Å². The lowest BCUT2D eigenvalue weighted by Crippen LogP contribution is -2.11. The fraction of sp³-hybridized carbons (Fsp3) is 0.286. The van der Waals surface area contributed by atoms with Crippen LogP contribution in [-0.2, 0) is 0 Å². The zero-order valence-electron chi connectivity index (χ0n) is 9.80. The van der Waals surface area contributed by atoms with Crippen molar-refractivity contribution >= 4 is 15.9 Å². The van der Waals surface area contributed by atoms with Crippen LogP contribution >= 0.6 is 15.9 Å². The van der Waals surface area contributed by atoms with E-state index in [9.17, 15) is 0 Å². The number of rotatable bonds is 4. The van der Waals surface area contributed by atoms with Crippen LogP contribution < -0.4 is 10.5 Å². The maximum atomic E-state index is 6.19. The summed E-state index contributed by atoms with van der Waals surface area (Å²) in [6.45, 7) is 0. The third-order valence-electron chi connectivity index (χ3n) is 3.05. The minimum absolute atomic E-state index is 0.187. The first kappa shape index (κ1) is 11.8. The Bertz CT molecular complexity index is 531. The lowest BCUT2D eigenvalue weighted by molar-refractivity contribution is 0.303. The molecule has 1 unspecified atom stereocenters. The van der Waals surface area contributed by atoms with Crippen molar-refractivity contribution < 1.29 is 9.15 Å². The molecule has 3 nitrogen and oxygen atoms in total. The van der Waals surface area contributed by atoms with Gasteiger partial charge in [-0.1, -0.05) is 12.1 Å². The van der Waals surface area contributed by atoms with E-state index in [0.29, 0.717) is 10.8 Å². The number of halogens is 1. The molecular formula is C14H14BrNO2. The zero-order chi connectivity index (χ0) is 12.5. The molecule has 4 heteroatoms. The van der Waals surface area contributed by atoms with Crippen LogP contribution in [0.5, 0.6) is 5.75 Å². The quantitative estimate of drug-likeness (QED) is 0.938. The van der Waals surface area contributed by atoms with Gasteiger partial charge in [-0.25, -0.2) is 0 Å². The summed E-state index contributed by atoms with van der Waals surface area (Å²) in [6.07, 6.45) is 4.39. The van der Waals surface area contributed by atoms with Crippen LogP contribution in [0.4, 0.5) is 0 Å². The van der Waals surface area contributed by atoms with Gasteiger partial charge in [0.2, 0.25) is 0 Å². The molecule has 0 bridgehead atoms. The van der Waals surface area contributed by atoms with E-state index >= 15 is 0 Å². The SMILES string of the molecule is NC(c1ccc(OC2CC2)cc1)c1ccoc1Br. The van der Waals surface area contributed by atoms with Gasteiger partial charge in [-0.15, -0.1) is 0 Å². The van der Waals surface area contributed by atoms with Crippen LogP contribution in [0.1, 0.15) is 30.0 Å². The summed E-state index contributed by atoms with van der Waals surface area (Å²) >= 11 is 3.35.